The Balaban J connectivity index is 1.39. The Morgan fingerprint density at radius 3 is 2.35 bits per heavy atom. The van der Waals surface area contributed by atoms with E-state index in [4.69, 9.17) is 16.3 Å². The summed E-state index contributed by atoms with van der Waals surface area (Å²) in [5, 5.41) is 0.729. The van der Waals surface area contributed by atoms with Crippen molar-refractivity contribution in [3.8, 4) is 0 Å². The number of hydrogen-bond acceptors (Lipinski definition) is 5. The average molecular weight is 442 g/mol. The molecule has 2 heterocycles. The summed E-state index contributed by atoms with van der Waals surface area (Å²) in [6.45, 7) is 6.15. The van der Waals surface area contributed by atoms with Crippen molar-refractivity contribution in [3.63, 3.8) is 0 Å². The van der Waals surface area contributed by atoms with E-state index in [0.29, 0.717) is 26.1 Å². The number of halogens is 1. The first kappa shape index (κ1) is 21.7. The Bertz CT molecular complexity index is 926. The molecule has 0 bridgehead atoms. The van der Waals surface area contributed by atoms with Gasteiger partial charge in [-0.25, -0.2) is 4.79 Å². The van der Waals surface area contributed by atoms with Crippen molar-refractivity contribution in [3.05, 3.63) is 64.7 Å². The highest BCUT2D eigenvalue weighted by molar-refractivity contribution is 6.30. The molecule has 164 valence electrons. The second kappa shape index (κ2) is 9.71. The minimum absolute atomic E-state index is 0.0208. The Hall–Kier alpha value is -2.57. The minimum Gasteiger partial charge on any atom is -0.464 e. The number of fused-ring (bicyclic) bond motifs is 1. The predicted octanol–water partition coefficient (Wildman–Crippen LogP) is 2.98. The first-order chi connectivity index (χ1) is 15.0. The molecule has 1 unspecified atom stereocenters. The number of esters is 1. The molecular formula is C24H28ClN3O3. The lowest BCUT2D eigenvalue weighted by Gasteiger charge is -2.39. The molecule has 2 aromatic carbocycles. The van der Waals surface area contributed by atoms with Crippen molar-refractivity contribution >= 4 is 29.2 Å². The Morgan fingerprint density at radius 1 is 1.00 bits per heavy atom. The van der Waals surface area contributed by atoms with Crippen molar-refractivity contribution in [1.29, 1.82) is 0 Å². The number of carbonyl (C=O) groups is 2. The van der Waals surface area contributed by atoms with Crippen LogP contribution in [-0.2, 0) is 27.3 Å². The maximum absolute atomic E-state index is 13.2. The summed E-state index contributed by atoms with van der Waals surface area (Å²) in [5.74, 6) is -0.342. The monoisotopic (exact) mass is 441 g/mol. The SMILES string of the molecule is CCOC(=O)C1Cc2ccccc2CN1C(=O)CN1CCN(c2ccc(Cl)cc2)CC1. The zero-order valence-electron chi connectivity index (χ0n) is 17.8. The van der Waals surface area contributed by atoms with E-state index in [1.165, 1.54) is 0 Å². The van der Waals surface area contributed by atoms with Gasteiger partial charge in [-0.15, -0.1) is 0 Å². The number of hydrogen-bond donors (Lipinski definition) is 0. The smallest absolute Gasteiger partial charge is 0.329 e. The third kappa shape index (κ3) is 5.02. The molecule has 7 heteroatoms. The molecule has 31 heavy (non-hydrogen) atoms. The van der Waals surface area contributed by atoms with Gasteiger partial charge in [0.25, 0.3) is 0 Å². The van der Waals surface area contributed by atoms with E-state index < -0.39 is 6.04 Å². The highest BCUT2D eigenvalue weighted by Crippen LogP contribution is 2.25. The summed E-state index contributed by atoms with van der Waals surface area (Å²) < 4.78 is 5.28. The van der Waals surface area contributed by atoms with E-state index in [-0.39, 0.29) is 11.9 Å². The Labute approximate surface area is 188 Å². The highest BCUT2D eigenvalue weighted by Gasteiger charge is 2.36. The lowest BCUT2D eigenvalue weighted by molar-refractivity contribution is -0.156. The largest absolute Gasteiger partial charge is 0.464 e. The molecule has 0 N–H and O–H groups in total. The lowest BCUT2D eigenvalue weighted by Crippen LogP contribution is -2.54. The molecular weight excluding hydrogens is 414 g/mol. The molecule has 0 saturated carbocycles. The third-order valence-electron chi connectivity index (χ3n) is 6.05. The van der Waals surface area contributed by atoms with Crippen molar-refractivity contribution < 1.29 is 14.3 Å². The molecule has 0 aromatic heterocycles. The summed E-state index contributed by atoms with van der Waals surface area (Å²) in [4.78, 5) is 32.0. The molecule has 1 saturated heterocycles. The van der Waals surface area contributed by atoms with Crippen LogP contribution in [0.5, 0.6) is 0 Å². The Kier molecular flexibility index (Phi) is 6.78. The van der Waals surface area contributed by atoms with Gasteiger partial charge in [-0.3, -0.25) is 9.69 Å². The van der Waals surface area contributed by atoms with Crippen molar-refractivity contribution in [2.75, 3.05) is 44.2 Å². The van der Waals surface area contributed by atoms with E-state index in [1.54, 1.807) is 11.8 Å². The first-order valence-electron chi connectivity index (χ1n) is 10.8. The van der Waals surface area contributed by atoms with Gasteiger partial charge in [0.05, 0.1) is 13.2 Å². The summed E-state index contributed by atoms with van der Waals surface area (Å²) in [6, 6.07) is 15.3. The van der Waals surface area contributed by atoms with Crippen LogP contribution in [0.2, 0.25) is 5.02 Å². The zero-order valence-corrected chi connectivity index (χ0v) is 18.6. The third-order valence-corrected chi connectivity index (χ3v) is 6.30. The molecule has 6 nitrogen and oxygen atoms in total. The number of ether oxygens (including phenoxy) is 1. The van der Waals surface area contributed by atoms with Crippen LogP contribution in [0.25, 0.3) is 0 Å². The summed E-state index contributed by atoms with van der Waals surface area (Å²) in [6.07, 6.45) is 0.505. The van der Waals surface area contributed by atoms with Crippen LogP contribution >= 0.6 is 11.6 Å². The van der Waals surface area contributed by atoms with Gasteiger partial charge in [0, 0.05) is 49.9 Å². The second-order valence-corrected chi connectivity index (χ2v) is 8.44. The van der Waals surface area contributed by atoms with E-state index in [0.717, 1.165) is 48.0 Å². The predicted molar refractivity (Wildman–Crippen MR) is 121 cm³/mol. The van der Waals surface area contributed by atoms with Gasteiger partial charge in [-0.1, -0.05) is 35.9 Å². The fourth-order valence-corrected chi connectivity index (χ4v) is 4.46. The number of amides is 1. The van der Waals surface area contributed by atoms with Gasteiger partial charge >= 0.3 is 5.97 Å². The van der Waals surface area contributed by atoms with Crippen LogP contribution in [0.3, 0.4) is 0 Å². The zero-order chi connectivity index (χ0) is 21.8. The lowest BCUT2D eigenvalue weighted by atomic mass is 9.94. The molecule has 2 aromatic rings. The highest BCUT2D eigenvalue weighted by atomic mass is 35.5. The van der Waals surface area contributed by atoms with Crippen LogP contribution < -0.4 is 4.90 Å². The van der Waals surface area contributed by atoms with Gasteiger partial charge in [0.1, 0.15) is 6.04 Å². The quantitative estimate of drug-likeness (QED) is 0.668. The molecule has 1 fully saturated rings. The van der Waals surface area contributed by atoms with E-state index in [2.05, 4.69) is 9.80 Å². The number of rotatable bonds is 5. The van der Waals surface area contributed by atoms with Gasteiger partial charge in [-0.05, 0) is 42.3 Å². The second-order valence-electron chi connectivity index (χ2n) is 8.00. The van der Waals surface area contributed by atoms with Crippen LogP contribution in [0, 0.1) is 0 Å². The fourth-order valence-electron chi connectivity index (χ4n) is 4.33. The fraction of sp³-hybridized carbons (Fsp3) is 0.417. The van der Waals surface area contributed by atoms with Crippen molar-refractivity contribution in [2.45, 2.75) is 25.9 Å². The van der Waals surface area contributed by atoms with E-state index in [9.17, 15) is 9.59 Å². The van der Waals surface area contributed by atoms with Crippen molar-refractivity contribution in [1.82, 2.24) is 9.80 Å². The minimum atomic E-state index is -0.558. The molecule has 0 radical (unpaired) electrons. The van der Waals surface area contributed by atoms with Gasteiger partial charge in [0.2, 0.25) is 5.91 Å². The summed E-state index contributed by atoms with van der Waals surface area (Å²) in [5.41, 5.74) is 3.36. The molecule has 0 spiro atoms. The molecule has 1 amide bonds. The molecule has 0 aliphatic carbocycles. The maximum Gasteiger partial charge on any atom is 0.329 e. The number of piperazine rings is 1. The number of carbonyl (C=O) groups excluding carboxylic acids is 2. The average Bonchev–Trinajstić information content (AvgIpc) is 2.79. The number of nitrogens with zero attached hydrogens (tertiary/aromatic N) is 3. The van der Waals surface area contributed by atoms with Gasteiger partial charge in [0.15, 0.2) is 0 Å². The van der Waals surface area contributed by atoms with Crippen LogP contribution in [0.15, 0.2) is 48.5 Å². The Morgan fingerprint density at radius 2 is 1.68 bits per heavy atom. The van der Waals surface area contributed by atoms with Gasteiger partial charge < -0.3 is 14.5 Å². The molecule has 2 aliphatic heterocycles. The first-order valence-corrected chi connectivity index (χ1v) is 11.2. The number of benzene rings is 2. The van der Waals surface area contributed by atoms with Crippen LogP contribution in [0.4, 0.5) is 5.69 Å². The molecule has 2 aliphatic rings. The van der Waals surface area contributed by atoms with Crippen LogP contribution in [0.1, 0.15) is 18.1 Å². The standard InChI is InChI=1S/C24H28ClN3O3/c1-2-31-24(30)22-15-18-5-3-4-6-19(18)16-28(22)23(29)17-26-11-13-27(14-12-26)21-9-7-20(25)8-10-21/h3-10,22H,2,11-17H2,1H3. The van der Waals surface area contributed by atoms with Crippen molar-refractivity contribution in [2.24, 2.45) is 0 Å². The van der Waals surface area contributed by atoms with Gasteiger partial charge in [-0.2, -0.15) is 0 Å². The van der Waals surface area contributed by atoms with E-state index in [1.807, 2.05) is 48.5 Å². The van der Waals surface area contributed by atoms with E-state index >= 15 is 0 Å². The summed E-state index contributed by atoms with van der Waals surface area (Å²) >= 11 is 5.99. The topological polar surface area (TPSA) is 53.1 Å². The molecule has 1 atom stereocenters. The molecule has 4 rings (SSSR count). The number of anilines is 1. The summed E-state index contributed by atoms with van der Waals surface area (Å²) in [7, 11) is 0. The maximum atomic E-state index is 13.2. The van der Waals surface area contributed by atoms with Crippen LogP contribution in [-0.4, -0.2) is 67.0 Å². The normalized spacial score (nSPS) is 19.1.